The third kappa shape index (κ3) is 2.42. The molecule has 1 aliphatic carbocycles. The van der Waals surface area contributed by atoms with Gasteiger partial charge in [0.05, 0.1) is 0 Å². The zero-order valence-electron chi connectivity index (χ0n) is 23.2. The van der Waals surface area contributed by atoms with Gasteiger partial charge in [-0.05, 0) is 57.6 Å². The van der Waals surface area contributed by atoms with Gasteiger partial charge in [0.15, 0.2) is 5.54 Å². The predicted octanol–water partition coefficient (Wildman–Crippen LogP) is 6.01. The summed E-state index contributed by atoms with van der Waals surface area (Å²) in [7, 11) is 1.61. The molecular formula is C34H33N2O3+. The molecule has 0 aromatic heterocycles. The Labute approximate surface area is 228 Å². The number of nitrogens with zero attached hydrogens (tertiary/aromatic N) is 2. The molecule has 3 aliphatic heterocycles. The maximum absolute atomic E-state index is 12.2. The van der Waals surface area contributed by atoms with Crippen LogP contribution >= 0.6 is 0 Å². The van der Waals surface area contributed by atoms with E-state index in [0.29, 0.717) is 0 Å². The first kappa shape index (κ1) is 23.4. The van der Waals surface area contributed by atoms with E-state index in [1.807, 2.05) is 6.34 Å². The van der Waals surface area contributed by atoms with Gasteiger partial charge in [0, 0.05) is 23.6 Å². The van der Waals surface area contributed by atoms with Gasteiger partial charge in [-0.15, -0.1) is 0 Å². The molecule has 0 radical (unpaired) electrons. The van der Waals surface area contributed by atoms with Crippen molar-refractivity contribution < 1.29 is 19.2 Å². The molecule has 196 valence electrons. The van der Waals surface area contributed by atoms with Crippen LogP contribution in [-0.2, 0) is 15.6 Å². The van der Waals surface area contributed by atoms with Crippen molar-refractivity contribution in [1.82, 2.24) is 0 Å². The topological polar surface area (TPSA) is 54.1 Å². The number of benzene rings is 4. The largest absolute Gasteiger partial charge is 0.446 e. The summed E-state index contributed by atoms with van der Waals surface area (Å²) < 4.78 is 14.8. The average Bonchev–Trinajstić information content (AvgIpc) is 3.17. The van der Waals surface area contributed by atoms with Gasteiger partial charge in [-0.3, -0.25) is 0 Å². The van der Waals surface area contributed by atoms with Crippen LogP contribution in [0.4, 0.5) is 0 Å². The number of fused-ring (bicyclic) bond motifs is 13. The zero-order chi connectivity index (χ0) is 27.1. The number of hydrogen-bond donors (Lipinski definition) is 1. The Morgan fingerprint density at radius 2 is 1.64 bits per heavy atom. The maximum Gasteiger partial charge on any atom is 0.293 e. The second kappa shape index (κ2) is 6.96. The normalized spacial score (nSPS) is 31.9. The van der Waals surface area contributed by atoms with E-state index in [4.69, 9.17) is 14.5 Å². The average molecular weight is 518 g/mol. The van der Waals surface area contributed by atoms with Gasteiger partial charge in [-0.2, -0.15) is 0 Å². The Hall–Kier alpha value is -3.54. The van der Waals surface area contributed by atoms with Gasteiger partial charge >= 0.3 is 0 Å². The second-order valence-corrected chi connectivity index (χ2v) is 12.9. The fourth-order valence-electron chi connectivity index (χ4n) is 8.16. The van der Waals surface area contributed by atoms with E-state index in [1.165, 1.54) is 16.3 Å². The number of rotatable bonds is 1. The molecule has 5 atom stereocenters. The van der Waals surface area contributed by atoms with Crippen molar-refractivity contribution in [3.63, 3.8) is 0 Å². The first-order valence-corrected chi connectivity index (χ1v) is 13.8. The van der Waals surface area contributed by atoms with Gasteiger partial charge < -0.3 is 14.6 Å². The first-order chi connectivity index (χ1) is 18.6. The highest BCUT2D eigenvalue weighted by atomic mass is 16.6. The SMILES string of the molecule is COC1(O)C2(C)c3c(cc(C(C)(C)C)c4ccccc34)C3=[N+](C=NC4Oc5c(ccc6ccccc56)C34)C12C. The Morgan fingerprint density at radius 3 is 2.36 bits per heavy atom. The fraction of sp³-hybridized carbons (Fsp3) is 0.353. The lowest BCUT2D eigenvalue weighted by Crippen LogP contribution is -2.49. The Bertz CT molecular complexity index is 1830. The summed E-state index contributed by atoms with van der Waals surface area (Å²) in [6.45, 7) is 11.1. The van der Waals surface area contributed by atoms with Crippen molar-refractivity contribution in [3.05, 3.63) is 89.0 Å². The van der Waals surface area contributed by atoms with Crippen molar-refractivity contribution in [1.29, 1.82) is 0 Å². The van der Waals surface area contributed by atoms with E-state index in [0.717, 1.165) is 38.9 Å². The number of hydrogen-bond acceptors (Lipinski definition) is 4. The first-order valence-electron chi connectivity index (χ1n) is 13.8. The molecule has 8 rings (SSSR count). The molecule has 0 amide bonds. The highest BCUT2D eigenvalue weighted by Gasteiger charge is 2.92. The molecule has 0 saturated heterocycles. The Morgan fingerprint density at radius 1 is 0.949 bits per heavy atom. The minimum Gasteiger partial charge on any atom is -0.446 e. The molecule has 1 N–H and O–H groups in total. The standard InChI is InChI=1S/C34H33N2O3/c1-31(2,3)25-17-24-27(22-14-10-9-13-21(22)25)32(4)33(5,34(32,37)38-6)36-18-35-30-26(28(24)36)23-16-15-19-11-7-8-12-20(19)29(23)39-30/h7-18,26,30,37H,1-6H3/q+1. The highest BCUT2D eigenvalue weighted by molar-refractivity contribution is 6.13. The van der Waals surface area contributed by atoms with Crippen LogP contribution in [0.15, 0.2) is 71.7 Å². The molecule has 1 fully saturated rings. The molecule has 3 heterocycles. The molecule has 0 bridgehead atoms. The van der Waals surface area contributed by atoms with Gasteiger partial charge in [0.1, 0.15) is 22.8 Å². The molecule has 39 heavy (non-hydrogen) atoms. The van der Waals surface area contributed by atoms with Gasteiger partial charge in [0.25, 0.3) is 12.6 Å². The fourth-order valence-corrected chi connectivity index (χ4v) is 8.16. The van der Waals surface area contributed by atoms with Crippen LogP contribution < -0.4 is 4.74 Å². The quantitative estimate of drug-likeness (QED) is 0.248. The molecule has 4 aromatic carbocycles. The van der Waals surface area contributed by atoms with Crippen molar-refractivity contribution in [2.24, 2.45) is 4.99 Å². The van der Waals surface area contributed by atoms with Crippen LogP contribution in [0.1, 0.15) is 62.8 Å². The molecule has 4 aliphatic rings. The summed E-state index contributed by atoms with van der Waals surface area (Å²) in [5, 5.41) is 16.9. The van der Waals surface area contributed by atoms with Gasteiger partial charge in [-0.25, -0.2) is 4.58 Å². The Balaban J connectivity index is 1.51. The lowest BCUT2D eigenvalue weighted by molar-refractivity contribution is -0.490. The maximum atomic E-state index is 12.2. The van der Waals surface area contributed by atoms with E-state index in [2.05, 4.69) is 106 Å². The van der Waals surface area contributed by atoms with Crippen LogP contribution in [0, 0.1) is 0 Å². The van der Waals surface area contributed by atoms with Crippen molar-refractivity contribution in [2.45, 2.75) is 68.9 Å². The zero-order valence-corrected chi connectivity index (χ0v) is 23.2. The minimum absolute atomic E-state index is 0.0781. The van der Waals surface area contributed by atoms with Crippen LogP contribution in [0.25, 0.3) is 21.5 Å². The third-order valence-electron chi connectivity index (χ3n) is 10.3. The molecule has 5 heteroatoms. The van der Waals surface area contributed by atoms with E-state index in [1.54, 1.807) is 7.11 Å². The van der Waals surface area contributed by atoms with E-state index in [9.17, 15) is 5.11 Å². The summed E-state index contributed by atoms with van der Waals surface area (Å²) in [4.78, 5) is 4.95. The highest BCUT2D eigenvalue weighted by Crippen LogP contribution is 2.72. The molecule has 0 spiro atoms. The molecule has 1 saturated carbocycles. The lowest BCUT2D eigenvalue weighted by Gasteiger charge is -2.34. The number of aliphatic imine (C=N–C) groups is 1. The van der Waals surface area contributed by atoms with Crippen molar-refractivity contribution in [2.75, 3.05) is 7.11 Å². The summed E-state index contributed by atoms with van der Waals surface area (Å²) in [6.07, 6.45) is 1.52. The third-order valence-corrected chi connectivity index (χ3v) is 10.3. The second-order valence-electron chi connectivity index (χ2n) is 12.9. The number of aliphatic hydroxyl groups is 1. The monoisotopic (exact) mass is 517 g/mol. The summed E-state index contributed by atoms with van der Waals surface area (Å²) >= 11 is 0. The molecule has 4 aromatic rings. The van der Waals surface area contributed by atoms with Crippen LogP contribution in [0.3, 0.4) is 0 Å². The molecule has 5 nitrogen and oxygen atoms in total. The van der Waals surface area contributed by atoms with Crippen molar-refractivity contribution in [3.8, 4) is 5.75 Å². The molecular weight excluding hydrogens is 484 g/mol. The predicted molar refractivity (Wildman–Crippen MR) is 154 cm³/mol. The van der Waals surface area contributed by atoms with Gasteiger partial charge in [-0.1, -0.05) is 81.4 Å². The van der Waals surface area contributed by atoms with Crippen LogP contribution in [0.5, 0.6) is 5.75 Å². The summed E-state index contributed by atoms with van der Waals surface area (Å²) in [6, 6.07) is 23.8. The van der Waals surface area contributed by atoms with E-state index >= 15 is 0 Å². The summed E-state index contributed by atoms with van der Waals surface area (Å²) in [5.74, 6) is -0.595. The van der Waals surface area contributed by atoms with Crippen molar-refractivity contribution >= 4 is 33.6 Å². The lowest BCUT2D eigenvalue weighted by atomic mass is 9.72. The minimum atomic E-state index is -1.40. The Kier molecular flexibility index (Phi) is 4.17. The molecule has 5 unspecified atom stereocenters. The smallest absolute Gasteiger partial charge is 0.293 e. The number of ether oxygens (including phenoxy) is 2. The van der Waals surface area contributed by atoms with E-state index in [-0.39, 0.29) is 17.6 Å². The van der Waals surface area contributed by atoms with Crippen LogP contribution in [0.2, 0.25) is 0 Å². The van der Waals surface area contributed by atoms with E-state index < -0.39 is 16.7 Å². The summed E-state index contributed by atoms with van der Waals surface area (Å²) in [5.41, 5.74) is 4.36. The van der Waals surface area contributed by atoms with Crippen LogP contribution in [-0.4, -0.2) is 46.4 Å². The number of methoxy groups -OCH3 is 1. The van der Waals surface area contributed by atoms with Gasteiger partial charge in [0.2, 0.25) is 5.79 Å².